The van der Waals surface area contributed by atoms with Gasteiger partial charge in [0.2, 0.25) is 0 Å². The van der Waals surface area contributed by atoms with E-state index in [1.165, 1.54) is 12.1 Å². The van der Waals surface area contributed by atoms with Gasteiger partial charge in [0.15, 0.2) is 0 Å². The molecule has 1 aromatic carbocycles. The Hall–Kier alpha value is -1.64. The Morgan fingerprint density at radius 3 is 2.47 bits per heavy atom. The molecular formula is C12H14F2N2O. The van der Waals surface area contributed by atoms with Crippen LogP contribution in [0.15, 0.2) is 24.3 Å². The van der Waals surface area contributed by atoms with Gasteiger partial charge in [0.1, 0.15) is 5.75 Å². The molecule has 0 fully saturated rings. The molecule has 0 saturated carbocycles. The summed E-state index contributed by atoms with van der Waals surface area (Å²) in [5.41, 5.74) is 3.51. The SMILES string of the molecule is C#CCCC(NN)c1ccc(OC(F)F)cc1. The highest BCUT2D eigenvalue weighted by Gasteiger charge is 2.09. The summed E-state index contributed by atoms with van der Waals surface area (Å²) in [5.74, 6) is 8.04. The Morgan fingerprint density at radius 1 is 1.35 bits per heavy atom. The van der Waals surface area contributed by atoms with Gasteiger partial charge in [-0.2, -0.15) is 8.78 Å². The minimum Gasteiger partial charge on any atom is -0.435 e. The molecule has 0 aliphatic rings. The van der Waals surface area contributed by atoms with Crippen molar-refractivity contribution in [3.05, 3.63) is 29.8 Å². The number of terminal acetylenes is 1. The average Bonchev–Trinajstić information content (AvgIpc) is 2.31. The van der Waals surface area contributed by atoms with Gasteiger partial charge < -0.3 is 4.74 Å². The predicted octanol–water partition coefficient (Wildman–Crippen LogP) is 2.21. The highest BCUT2D eigenvalue weighted by Crippen LogP contribution is 2.21. The van der Waals surface area contributed by atoms with Gasteiger partial charge in [-0.1, -0.05) is 12.1 Å². The van der Waals surface area contributed by atoms with Gasteiger partial charge in [0.25, 0.3) is 0 Å². The zero-order valence-corrected chi connectivity index (χ0v) is 9.20. The number of nitrogens with two attached hydrogens (primary N) is 1. The Balaban J connectivity index is 2.68. The molecule has 0 aliphatic carbocycles. The zero-order valence-electron chi connectivity index (χ0n) is 9.20. The number of halogens is 2. The normalized spacial score (nSPS) is 12.2. The summed E-state index contributed by atoms with van der Waals surface area (Å²) in [4.78, 5) is 0. The van der Waals surface area contributed by atoms with Crippen molar-refractivity contribution in [2.45, 2.75) is 25.5 Å². The summed E-state index contributed by atoms with van der Waals surface area (Å²) in [6.45, 7) is -2.81. The number of nitrogens with one attached hydrogen (secondary N) is 1. The first-order valence-electron chi connectivity index (χ1n) is 5.11. The molecule has 1 unspecified atom stereocenters. The van der Waals surface area contributed by atoms with Crippen LogP contribution < -0.4 is 16.0 Å². The first-order chi connectivity index (χ1) is 8.17. The minimum absolute atomic E-state index is 0.0911. The molecule has 0 aliphatic heterocycles. The standard InChI is InChI=1S/C12H14F2N2O/c1-2-3-4-11(16-15)9-5-7-10(8-6-9)17-12(13)14/h1,5-8,11-12,16H,3-4,15H2. The predicted molar refractivity (Wildman–Crippen MR) is 61.2 cm³/mol. The van der Waals surface area contributed by atoms with E-state index in [0.29, 0.717) is 12.8 Å². The third-order valence-electron chi connectivity index (χ3n) is 2.29. The molecule has 1 atom stereocenters. The van der Waals surface area contributed by atoms with Crippen LogP contribution in [0, 0.1) is 12.3 Å². The minimum atomic E-state index is -2.81. The van der Waals surface area contributed by atoms with E-state index >= 15 is 0 Å². The number of benzene rings is 1. The van der Waals surface area contributed by atoms with E-state index in [0.717, 1.165) is 5.56 Å². The van der Waals surface area contributed by atoms with Crippen molar-refractivity contribution in [2.24, 2.45) is 5.84 Å². The fourth-order valence-electron chi connectivity index (χ4n) is 1.46. The number of ether oxygens (including phenoxy) is 1. The molecule has 1 rings (SSSR count). The number of hydrogen-bond acceptors (Lipinski definition) is 3. The fraction of sp³-hybridized carbons (Fsp3) is 0.333. The summed E-state index contributed by atoms with van der Waals surface area (Å²) in [6, 6.07) is 6.22. The van der Waals surface area contributed by atoms with E-state index in [4.69, 9.17) is 12.3 Å². The van der Waals surface area contributed by atoms with Gasteiger partial charge in [0.05, 0.1) is 0 Å². The van der Waals surface area contributed by atoms with Crippen LogP contribution in [0.25, 0.3) is 0 Å². The summed E-state index contributed by atoms with van der Waals surface area (Å²) in [6.07, 6.45) is 6.44. The molecule has 0 amide bonds. The molecule has 0 radical (unpaired) electrons. The average molecular weight is 240 g/mol. The molecule has 1 aromatic rings. The van der Waals surface area contributed by atoms with Crippen LogP contribution in [0.4, 0.5) is 8.78 Å². The van der Waals surface area contributed by atoms with E-state index in [9.17, 15) is 8.78 Å². The summed E-state index contributed by atoms with van der Waals surface area (Å²) >= 11 is 0. The van der Waals surface area contributed by atoms with E-state index in [1.807, 2.05) is 0 Å². The molecule has 17 heavy (non-hydrogen) atoms. The van der Waals surface area contributed by atoms with Gasteiger partial charge in [0, 0.05) is 12.5 Å². The number of hydrogen-bond donors (Lipinski definition) is 2. The van der Waals surface area contributed by atoms with Crippen molar-refractivity contribution in [2.75, 3.05) is 0 Å². The van der Waals surface area contributed by atoms with Crippen molar-refractivity contribution in [1.82, 2.24) is 5.43 Å². The smallest absolute Gasteiger partial charge is 0.387 e. The largest absolute Gasteiger partial charge is 0.435 e. The maximum Gasteiger partial charge on any atom is 0.387 e. The molecule has 0 spiro atoms. The second kappa shape index (κ2) is 6.84. The fourth-order valence-corrected chi connectivity index (χ4v) is 1.46. The number of alkyl halides is 2. The molecule has 0 bridgehead atoms. The Labute approximate surface area is 98.9 Å². The van der Waals surface area contributed by atoms with Gasteiger partial charge in [-0.3, -0.25) is 11.3 Å². The topological polar surface area (TPSA) is 47.3 Å². The maximum atomic E-state index is 11.9. The molecule has 0 saturated heterocycles. The summed E-state index contributed by atoms with van der Waals surface area (Å²) in [5, 5.41) is 0. The molecule has 3 nitrogen and oxygen atoms in total. The quantitative estimate of drug-likeness (QED) is 0.455. The van der Waals surface area contributed by atoms with Crippen LogP contribution in [0.3, 0.4) is 0 Å². The van der Waals surface area contributed by atoms with Crippen molar-refractivity contribution in [1.29, 1.82) is 0 Å². The van der Waals surface area contributed by atoms with E-state index in [2.05, 4.69) is 16.1 Å². The van der Waals surface area contributed by atoms with Gasteiger partial charge in [-0.15, -0.1) is 12.3 Å². The van der Waals surface area contributed by atoms with Crippen molar-refractivity contribution >= 4 is 0 Å². The van der Waals surface area contributed by atoms with Crippen LogP contribution in [-0.4, -0.2) is 6.61 Å². The lowest BCUT2D eigenvalue weighted by Crippen LogP contribution is -2.27. The first kappa shape index (κ1) is 13.4. The highest BCUT2D eigenvalue weighted by atomic mass is 19.3. The summed E-state index contributed by atoms with van der Waals surface area (Å²) < 4.78 is 28.1. The Morgan fingerprint density at radius 2 is 2.00 bits per heavy atom. The third kappa shape index (κ3) is 4.39. The second-order valence-electron chi connectivity index (χ2n) is 3.41. The molecule has 5 heteroatoms. The Kier molecular flexibility index (Phi) is 5.40. The maximum absolute atomic E-state index is 11.9. The highest BCUT2D eigenvalue weighted by molar-refractivity contribution is 5.29. The van der Waals surface area contributed by atoms with Crippen molar-refractivity contribution in [3.63, 3.8) is 0 Å². The lowest BCUT2D eigenvalue weighted by molar-refractivity contribution is -0.0498. The Bertz CT molecular complexity index is 373. The van der Waals surface area contributed by atoms with Gasteiger partial charge in [-0.25, -0.2) is 0 Å². The van der Waals surface area contributed by atoms with Gasteiger partial charge >= 0.3 is 6.61 Å². The summed E-state index contributed by atoms with van der Waals surface area (Å²) in [7, 11) is 0. The van der Waals surface area contributed by atoms with Gasteiger partial charge in [-0.05, 0) is 24.1 Å². The van der Waals surface area contributed by atoms with E-state index in [-0.39, 0.29) is 11.8 Å². The van der Waals surface area contributed by atoms with Crippen LogP contribution in [-0.2, 0) is 0 Å². The molecule has 3 N–H and O–H groups in total. The number of hydrazine groups is 1. The monoisotopic (exact) mass is 240 g/mol. The lowest BCUT2D eigenvalue weighted by Gasteiger charge is -2.15. The van der Waals surface area contributed by atoms with Crippen molar-refractivity contribution in [3.8, 4) is 18.1 Å². The molecular weight excluding hydrogens is 226 g/mol. The van der Waals surface area contributed by atoms with E-state index < -0.39 is 6.61 Å². The molecule has 92 valence electrons. The zero-order chi connectivity index (χ0) is 12.7. The lowest BCUT2D eigenvalue weighted by atomic mass is 10.0. The number of rotatable bonds is 6. The van der Waals surface area contributed by atoms with Crippen LogP contribution in [0.2, 0.25) is 0 Å². The third-order valence-corrected chi connectivity index (χ3v) is 2.29. The van der Waals surface area contributed by atoms with Crippen LogP contribution in [0.1, 0.15) is 24.4 Å². The molecule has 0 aromatic heterocycles. The van der Waals surface area contributed by atoms with E-state index in [1.54, 1.807) is 12.1 Å². The second-order valence-corrected chi connectivity index (χ2v) is 3.41. The van der Waals surface area contributed by atoms with Crippen molar-refractivity contribution < 1.29 is 13.5 Å². The molecule has 0 heterocycles. The first-order valence-corrected chi connectivity index (χ1v) is 5.11. The van der Waals surface area contributed by atoms with Crippen LogP contribution in [0.5, 0.6) is 5.75 Å². The van der Waals surface area contributed by atoms with Crippen LogP contribution >= 0.6 is 0 Å².